The summed E-state index contributed by atoms with van der Waals surface area (Å²) in [5, 5.41) is 3.01. The van der Waals surface area contributed by atoms with Crippen LogP contribution in [0.15, 0.2) is 47.3 Å². The van der Waals surface area contributed by atoms with Crippen LogP contribution in [-0.4, -0.2) is 26.5 Å². The first kappa shape index (κ1) is 18.7. The Kier molecular flexibility index (Phi) is 5.47. The van der Waals surface area contributed by atoms with Gasteiger partial charge in [0.25, 0.3) is 0 Å². The maximum Gasteiger partial charge on any atom is 0.407 e. The zero-order valence-electron chi connectivity index (χ0n) is 15.3. The quantitative estimate of drug-likeness (QED) is 0.634. The van der Waals surface area contributed by atoms with E-state index in [2.05, 4.69) is 31.2 Å². The fraction of sp³-hybridized carbons (Fsp3) is 0.350. The van der Waals surface area contributed by atoms with Crippen LogP contribution in [0.1, 0.15) is 43.0 Å². The van der Waals surface area contributed by atoms with Gasteiger partial charge in [-0.05, 0) is 40.8 Å². The first-order valence-corrected chi connectivity index (χ1v) is 10.2. The first-order chi connectivity index (χ1) is 13.6. The summed E-state index contributed by atoms with van der Waals surface area (Å²) >= 11 is 3.49. The van der Waals surface area contributed by atoms with E-state index < -0.39 is 0 Å². The Labute approximate surface area is 171 Å². The highest BCUT2D eigenvalue weighted by Gasteiger charge is 2.28. The van der Waals surface area contributed by atoms with Crippen molar-refractivity contribution in [2.24, 2.45) is 0 Å². The second-order valence-electron chi connectivity index (χ2n) is 7.06. The van der Waals surface area contributed by atoms with Crippen LogP contribution in [0.3, 0.4) is 0 Å². The Morgan fingerprint density at radius 2 is 2.14 bits per heavy atom. The number of benzene rings is 1. The summed E-state index contributed by atoms with van der Waals surface area (Å²) in [5.74, 6) is 1.62. The molecule has 0 aliphatic heterocycles. The number of nitrogen functional groups attached to an aromatic ring is 1. The molecule has 28 heavy (non-hydrogen) atoms. The number of alkyl carbamates (subject to hydrolysis) is 1. The van der Waals surface area contributed by atoms with Crippen LogP contribution >= 0.6 is 15.9 Å². The molecule has 0 saturated heterocycles. The Bertz CT molecular complexity index is 975. The predicted molar refractivity (Wildman–Crippen MR) is 110 cm³/mol. The molecule has 3 aromatic rings. The summed E-state index contributed by atoms with van der Waals surface area (Å²) < 4.78 is 8.05. The number of ether oxygens (including phenoxy) is 1. The fourth-order valence-corrected chi connectivity index (χ4v) is 4.39. The molecule has 8 heteroatoms. The molecule has 2 aromatic heterocycles. The van der Waals surface area contributed by atoms with Gasteiger partial charge in [-0.1, -0.05) is 36.8 Å². The van der Waals surface area contributed by atoms with E-state index in [1.165, 1.54) is 0 Å². The molecule has 1 fully saturated rings. The molecule has 146 valence electrons. The Morgan fingerprint density at radius 1 is 1.32 bits per heavy atom. The van der Waals surface area contributed by atoms with Gasteiger partial charge in [0.1, 0.15) is 22.6 Å². The first-order valence-electron chi connectivity index (χ1n) is 9.37. The van der Waals surface area contributed by atoms with E-state index >= 15 is 0 Å². The average molecular weight is 444 g/mol. The molecular weight excluding hydrogens is 422 g/mol. The Balaban J connectivity index is 1.41. The van der Waals surface area contributed by atoms with Gasteiger partial charge in [-0.15, -0.1) is 0 Å². The molecule has 1 saturated carbocycles. The molecule has 1 amide bonds. The van der Waals surface area contributed by atoms with Crippen molar-refractivity contribution in [3.63, 3.8) is 0 Å². The molecule has 0 spiro atoms. The zero-order chi connectivity index (χ0) is 19.5. The zero-order valence-corrected chi connectivity index (χ0v) is 16.9. The number of fused-ring (bicyclic) bond motifs is 1. The number of carbonyl (C=O) groups excluding carboxylic acids is 1. The van der Waals surface area contributed by atoms with Gasteiger partial charge in [0.2, 0.25) is 0 Å². The largest absolute Gasteiger partial charge is 0.445 e. The number of anilines is 1. The number of aromatic nitrogens is 3. The maximum atomic E-state index is 12.2. The van der Waals surface area contributed by atoms with Crippen molar-refractivity contribution in [3.8, 4) is 0 Å². The molecule has 0 unspecified atom stereocenters. The number of amides is 1. The van der Waals surface area contributed by atoms with Crippen molar-refractivity contribution >= 4 is 33.4 Å². The minimum Gasteiger partial charge on any atom is -0.445 e. The third-order valence-electron chi connectivity index (χ3n) is 5.14. The molecule has 0 bridgehead atoms. The number of nitrogens with two attached hydrogens (primary N) is 1. The third-order valence-corrected chi connectivity index (χ3v) is 5.69. The lowest BCUT2D eigenvalue weighted by molar-refractivity contribution is 0.132. The van der Waals surface area contributed by atoms with E-state index in [1.807, 2.05) is 40.9 Å². The summed E-state index contributed by atoms with van der Waals surface area (Å²) in [6.45, 7) is 0.271. The number of nitrogens with one attached hydrogen (secondary N) is 1. The number of rotatable bonds is 4. The van der Waals surface area contributed by atoms with Gasteiger partial charge in [0, 0.05) is 24.4 Å². The van der Waals surface area contributed by atoms with Crippen molar-refractivity contribution in [2.45, 2.75) is 44.2 Å². The van der Waals surface area contributed by atoms with Crippen molar-refractivity contribution < 1.29 is 9.53 Å². The third kappa shape index (κ3) is 3.96. The van der Waals surface area contributed by atoms with E-state index in [1.54, 1.807) is 6.20 Å². The lowest BCUT2D eigenvalue weighted by atomic mass is 9.85. The van der Waals surface area contributed by atoms with Crippen LogP contribution in [0, 0.1) is 0 Å². The van der Waals surface area contributed by atoms with E-state index in [0.717, 1.165) is 42.6 Å². The fourth-order valence-electron chi connectivity index (χ4n) is 3.82. The molecule has 1 aliphatic carbocycles. The normalized spacial score (nSPS) is 19.5. The molecule has 0 radical (unpaired) electrons. The van der Waals surface area contributed by atoms with Crippen molar-refractivity contribution in [1.29, 1.82) is 0 Å². The van der Waals surface area contributed by atoms with Gasteiger partial charge in [0.15, 0.2) is 5.82 Å². The number of hydrogen-bond acceptors (Lipinski definition) is 5. The standard InChI is InChI=1S/C20H22BrN5O2/c21-17-16-18(22)23-9-10-26(16)19(25-17)14-7-4-8-15(11-14)24-20(27)28-12-13-5-2-1-3-6-13/h1-3,5-6,9-10,14-15H,4,7-8,11-12H2,(H2,22,23)(H,24,27)/t14-,15+/m1/s1. The molecule has 1 aromatic carbocycles. The van der Waals surface area contributed by atoms with Crippen LogP contribution in [0.2, 0.25) is 0 Å². The average Bonchev–Trinajstić information content (AvgIpc) is 3.05. The minimum atomic E-state index is -0.378. The van der Waals surface area contributed by atoms with E-state index in [9.17, 15) is 4.79 Å². The summed E-state index contributed by atoms with van der Waals surface area (Å²) in [6.07, 6.45) is 6.96. The van der Waals surface area contributed by atoms with Gasteiger partial charge in [-0.3, -0.25) is 4.40 Å². The second kappa shape index (κ2) is 8.18. The number of halogens is 1. The van der Waals surface area contributed by atoms with Gasteiger partial charge >= 0.3 is 6.09 Å². The van der Waals surface area contributed by atoms with Crippen molar-refractivity contribution in [3.05, 3.63) is 58.7 Å². The summed E-state index contributed by atoms with van der Waals surface area (Å²) in [4.78, 5) is 21.0. The monoisotopic (exact) mass is 443 g/mol. The molecular formula is C20H22BrN5O2. The minimum absolute atomic E-state index is 0.0623. The van der Waals surface area contributed by atoms with E-state index in [-0.39, 0.29) is 24.7 Å². The van der Waals surface area contributed by atoms with Crippen molar-refractivity contribution in [2.75, 3.05) is 5.73 Å². The van der Waals surface area contributed by atoms with Crippen LogP contribution in [-0.2, 0) is 11.3 Å². The molecule has 3 N–H and O–H groups in total. The summed E-state index contributed by atoms with van der Waals surface area (Å²) in [5.41, 5.74) is 7.76. The number of imidazole rings is 1. The highest BCUT2D eigenvalue weighted by Crippen LogP contribution is 2.35. The maximum absolute atomic E-state index is 12.2. The highest BCUT2D eigenvalue weighted by molar-refractivity contribution is 9.10. The van der Waals surface area contributed by atoms with Gasteiger partial charge < -0.3 is 15.8 Å². The lowest BCUT2D eigenvalue weighted by Gasteiger charge is -2.28. The number of hydrogen-bond donors (Lipinski definition) is 2. The molecule has 4 rings (SSSR count). The van der Waals surface area contributed by atoms with Crippen LogP contribution in [0.5, 0.6) is 0 Å². The molecule has 2 atom stereocenters. The lowest BCUT2D eigenvalue weighted by Crippen LogP contribution is -2.38. The Morgan fingerprint density at radius 3 is 2.96 bits per heavy atom. The van der Waals surface area contributed by atoms with Gasteiger partial charge in [-0.2, -0.15) is 0 Å². The molecule has 7 nitrogen and oxygen atoms in total. The van der Waals surface area contributed by atoms with E-state index in [4.69, 9.17) is 10.5 Å². The van der Waals surface area contributed by atoms with Crippen LogP contribution in [0.4, 0.5) is 10.6 Å². The highest BCUT2D eigenvalue weighted by atomic mass is 79.9. The van der Waals surface area contributed by atoms with Gasteiger partial charge in [-0.25, -0.2) is 14.8 Å². The number of carbonyl (C=O) groups is 1. The van der Waals surface area contributed by atoms with E-state index in [0.29, 0.717) is 10.4 Å². The predicted octanol–water partition coefficient (Wildman–Crippen LogP) is 4.03. The second-order valence-corrected chi connectivity index (χ2v) is 7.81. The summed E-state index contributed by atoms with van der Waals surface area (Å²) in [7, 11) is 0. The smallest absolute Gasteiger partial charge is 0.407 e. The van der Waals surface area contributed by atoms with Crippen molar-refractivity contribution in [1.82, 2.24) is 19.7 Å². The van der Waals surface area contributed by atoms with Crippen LogP contribution in [0.25, 0.3) is 5.52 Å². The SMILES string of the molecule is Nc1nccn2c([C@@H]3CCC[C@H](NC(=O)OCc4ccccc4)C3)nc(Br)c12. The number of nitrogens with zero attached hydrogens (tertiary/aromatic N) is 3. The topological polar surface area (TPSA) is 94.5 Å². The molecule has 2 heterocycles. The van der Waals surface area contributed by atoms with Gasteiger partial charge in [0.05, 0.1) is 0 Å². The molecule has 1 aliphatic rings. The Hall–Kier alpha value is -2.61. The van der Waals surface area contributed by atoms with Crippen LogP contribution < -0.4 is 11.1 Å². The summed E-state index contributed by atoms with van der Waals surface area (Å²) in [6, 6.07) is 9.73.